The minimum absolute atomic E-state index is 0.000736. The van der Waals surface area contributed by atoms with E-state index < -0.39 is 22.8 Å². The normalized spacial score (nSPS) is 15.0. The van der Waals surface area contributed by atoms with Crippen molar-refractivity contribution in [3.8, 4) is 16.5 Å². The van der Waals surface area contributed by atoms with E-state index in [0.29, 0.717) is 34.3 Å². The lowest BCUT2D eigenvalue weighted by atomic mass is 10.2. The zero-order valence-corrected chi connectivity index (χ0v) is 20.0. The first-order chi connectivity index (χ1) is 17.5. The lowest BCUT2D eigenvalue weighted by Crippen LogP contribution is -2.41. The summed E-state index contributed by atoms with van der Waals surface area (Å²) in [5.74, 6) is 0.644. The highest BCUT2D eigenvalue weighted by molar-refractivity contribution is 7.15. The van der Waals surface area contributed by atoms with Gasteiger partial charge < -0.3 is 25.4 Å². The van der Waals surface area contributed by atoms with Crippen LogP contribution in [0.1, 0.15) is 36.6 Å². The largest absolute Gasteiger partial charge is 0.494 e. The summed E-state index contributed by atoms with van der Waals surface area (Å²) in [4.78, 5) is 24.5. The van der Waals surface area contributed by atoms with Crippen LogP contribution in [-0.4, -0.2) is 46.5 Å². The van der Waals surface area contributed by atoms with Crippen molar-refractivity contribution in [1.29, 1.82) is 0 Å². The fraction of sp³-hybridized carbons (Fsp3) is 0.364. The van der Waals surface area contributed by atoms with Crippen LogP contribution in [0.3, 0.4) is 0 Å². The third-order valence-electron chi connectivity index (χ3n) is 6.07. The van der Waals surface area contributed by atoms with E-state index in [1.165, 1.54) is 36.1 Å². The van der Waals surface area contributed by atoms with Crippen LogP contribution >= 0.6 is 11.3 Å². The number of hydrogen-bond acceptors (Lipinski definition) is 10. The maximum Gasteiger partial charge on any atom is 0.427 e. The number of aromatic nitrogens is 5. The SMILES string of the molecule is COc1ccc(Nc2cc3c(cn2)n(C(O)(O)O)c(=O)n3C2CCCC2)nc1-c1ncc(C(F)(F)F)s1. The monoisotopic (exact) mass is 538 g/mol. The summed E-state index contributed by atoms with van der Waals surface area (Å²) in [5.41, 5.74) is -0.406. The molecule has 0 radical (unpaired) electrons. The van der Waals surface area contributed by atoms with Crippen LogP contribution in [0.2, 0.25) is 0 Å². The molecule has 1 saturated carbocycles. The summed E-state index contributed by atoms with van der Waals surface area (Å²) in [6.07, 6.45) is -2.84. The van der Waals surface area contributed by atoms with E-state index in [-0.39, 0.29) is 39.6 Å². The number of rotatable bonds is 6. The van der Waals surface area contributed by atoms with E-state index in [1.807, 2.05) is 0 Å². The van der Waals surface area contributed by atoms with Crippen molar-refractivity contribution in [1.82, 2.24) is 24.1 Å². The van der Waals surface area contributed by atoms with Crippen LogP contribution in [0.15, 0.2) is 35.4 Å². The predicted molar refractivity (Wildman–Crippen MR) is 126 cm³/mol. The first kappa shape index (κ1) is 25.1. The van der Waals surface area contributed by atoms with Gasteiger partial charge in [-0.3, -0.25) is 4.57 Å². The van der Waals surface area contributed by atoms with Gasteiger partial charge in [0.15, 0.2) is 0 Å². The average molecular weight is 539 g/mol. The molecule has 1 aliphatic rings. The Morgan fingerprint density at radius 2 is 1.81 bits per heavy atom. The summed E-state index contributed by atoms with van der Waals surface area (Å²) in [5, 5.41) is 32.3. The maximum absolute atomic E-state index is 13.1. The molecule has 5 rings (SSSR count). The molecular weight excluding hydrogens is 517 g/mol. The van der Waals surface area contributed by atoms with E-state index in [0.717, 1.165) is 19.0 Å². The number of nitrogens with zero attached hydrogens (tertiary/aromatic N) is 5. The lowest BCUT2D eigenvalue weighted by Gasteiger charge is -2.15. The number of ether oxygens (including phenoxy) is 1. The van der Waals surface area contributed by atoms with Gasteiger partial charge in [0, 0.05) is 12.1 Å². The van der Waals surface area contributed by atoms with E-state index in [1.54, 1.807) is 0 Å². The maximum atomic E-state index is 13.1. The number of imidazole rings is 1. The standard InChI is InChI=1S/C22H21F3N6O5S/c1-36-14-6-7-16(29-18(14)19-27-10-15(37-19)21(23,24)25)28-17-8-12-13(9-26-17)31(22(33,34)35)20(32)30(12)11-4-2-3-5-11/h6-11,33-35H,2-5H2,1H3,(H,26,28,29). The molecule has 0 aliphatic heterocycles. The Kier molecular flexibility index (Phi) is 6.18. The van der Waals surface area contributed by atoms with Gasteiger partial charge in [-0.1, -0.05) is 12.8 Å². The highest BCUT2D eigenvalue weighted by Crippen LogP contribution is 2.39. The zero-order valence-electron chi connectivity index (χ0n) is 19.2. The van der Waals surface area contributed by atoms with E-state index in [9.17, 15) is 33.3 Å². The van der Waals surface area contributed by atoms with Gasteiger partial charge in [0.25, 0.3) is 0 Å². The molecular formula is C22H21F3N6O5S. The van der Waals surface area contributed by atoms with Gasteiger partial charge in [-0.05, 0) is 25.0 Å². The lowest BCUT2D eigenvalue weighted by molar-refractivity contribution is -0.374. The molecule has 4 heterocycles. The smallest absolute Gasteiger partial charge is 0.427 e. The summed E-state index contributed by atoms with van der Waals surface area (Å²) >= 11 is 0.428. The van der Waals surface area contributed by atoms with Gasteiger partial charge in [-0.25, -0.2) is 24.3 Å². The van der Waals surface area contributed by atoms with Crippen molar-refractivity contribution in [2.24, 2.45) is 0 Å². The molecule has 4 aromatic rings. The number of fused-ring (bicyclic) bond motifs is 1. The number of thiazole rings is 1. The molecule has 0 unspecified atom stereocenters. The minimum atomic E-state index is -4.54. The van der Waals surface area contributed by atoms with Crippen LogP contribution in [-0.2, 0) is 12.3 Å². The van der Waals surface area contributed by atoms with Crippen molar-refractivity contribution in [2.45, 2.75) is 44.0 Å². The second-order valence-electron chi connectivity index (χ2n) is 8.48. The summed E-state index contributed by atoms with van der Waals surface area (Å²) in [6.45, 7) is 0. The Morgan fingerprint density at radius 3 is 2.43 bits per heavy atom. The van der Waals surface area contributed by atoms with Gasteiger partial charge in [-0.15, -0.1) is 11.3 Å². The van der Waals surface area contributed by atoms with Gasteiger partial charge in [0.05, 0.1) is 30.5 Å². The van der Waals surface area contributed by atoms with Gasteiger partial charge in [0.1, 0.15) is 33.0 Å². The molecule has 0 atom stereocenters. The predicted octanol–water partition coefficient (Wildman–Crippen LogP) is 3.15. The Labute approximate surface area is 210 Å². The Hall–Kier alpha value is -3.53. The van der Waals surface area contributed by atoms with Crippen molar-refractivity contribution in [3.05, 3.63) is 46.0 Å². The number of methoxy groups -OCH3 is 1. The van der Waals surface area contributed by atoms with E-state index >= 15 is 0 Å². The first-order valence-electron chi connectivity index (χ1n) is 11.1. The number of nitrogens with one attached hydrogen (secondary N) is 1. The molecule has 4 N–H and O–H groups in total. The van der Waals surface area contributed by atoms with Gasteiger partial charge >= 0.3 is 18.0 Å². The second-order valence-corrected chi connectivity index (χ2v) is 9.51. The van der Waals surface area contributed by atoms with Crippen LogP contribution in [0, 0.1) is 0 Å². The quantitative estimate of drug-likeness (QED) is 0.272. The second kappa shape index (κ2) is 9.09. The van der Waals surface area contributed by atoms with Crippen LogP contribution in [0.25, 0.3) is 21.7 Å². The third kappa shape index (κ3) is 4.66. The molecule has 1 aliphatic carbocycles. The number of aliphatic hydroxyl groups is 3. The molecule has 15 heteroatoms. The fourth-order valence-corrected chi connectivity index (χ4v) is 5.25. The van der Waals surface area contributed by atoms with E-state index in [2.05, 4.69) is 20.3 Å². The Bertz CT molecular complexity index is 1520. The highest BCUT2D eigenvalue weighted by Gasteiger charge is 2.34. The minimum Gasteiger partial charge on any atom is -0.494 e. The van der Waals surface area contributed by atoms with Crippen molar-refractivity contribution >= 4 is 34.0 Å². The molecule has 0 aromatic carbocycles. The van der Waals surface area contributed by atoms with Crippen molar-refractivity contribution in [2.75, 3.05) is 12.4 Å². The number of halogens is 3. The molecule has 196 valence electrons. The van der Waals surface area contributed by atoms with Crippen molar-refractivity contribution in [3.63, 3.8) is 0 Å². The highest BCUT2D eigenvalue weighted by atomic mass is 32.1. The Balaban J connectivity index is 1.55. The molecule has 0 bridgehead atoms. The van der Waals surface area contributed by atoms with Crippen molar-refractivity contribution < 1.29 is 33.2 Å². The molecule has 0 spiro atoms. The molecule has 0 amide bonds. The first-order valence-corrected chi connectivity index (χ1v) is 11.9. The number of pyridine rings is 2. The summed E-state index contributed by atoms with van der Waals surface area (Å²) in [6, 6.07) is 4.34. The molecule has 11 nitrogen and oxygen atoms in total. The number of alkyl halides is 3. The summed E-state index contributed by atoms with van der Waals surface area (Å²) in [7, 11) is 1.36. The van der Waals surface area contributed by atoms with E-state index in [4.69, 9.17) is 4.74 Å². The van der Waals surface area contributed by atoms with Gasteiger partial charge in [-0.2, -0.15) is 13.2 Å². The molecule has 37 heavy (non-hydrogen) atoms. The fourth-order valence-electron chi connectivity index (χ4n) is 4.47. The van der Waals surface area contributed by atoms with Crippen LogP contribution < -0.4 is 15.7 Å². The van der Waals surface area contributed by atoms with Gasteiger partial charge in [0.2, 0.25) is 0 Å². The Morgan fingerprint density at radius 1 is 1.08 bits per heavy atom. The molecule has 0 saturated heterocycles. The summed E-state index contributed by atoms with van der Waals surface area (Å²) < 4.78 is 46.3. The zero-order chi connectivity index (χ0) is 26.5. The van der Waals surface area contributed by atoms with Crippen LogP contribution in [0.5, 0.6) is 5.75 Å². The average Bonchev–Trinajstić information content (AvgIpc) is 3.56. The number of anilines is 2. The third-order valence-corrected chi connectivity index (χ3v) is 7.12. The molecule has 1 fully saturated rings. The van der Waals surface area contributed by atoms with Crippen LogP contribution in [0.4, 0.5) is 24.8 Å². The topological polar surface area (TPSA) is 148 Å². The molecule has 4 aromatic heterocycles. The number of hydrogen-bond donors (Lipinski definition) is 4.